The molecule has 148 valence electrons. The Bertz CT molecular complexity index is 759. The van der Waals surface area contributed by atoms with E-state index in [1.807, 2.05) is 24.3 Å². The fourth-order valence-electron chi connectivity index (χ4n) is 3.03. The first-order chi connectivity index (χ1) is 14.4. The smallest absolute Gasteiger partial charge is 1.00 e. The van der Waals surface area contributed by atoms with Crippen LogP contribution >= 0.6 is 0 Å². The van der Waals surface area contributed by atoms with Crippen LogP contribution in [-0.2, 0) is 4.74 Å². The van der Waals surface area contributed by atoms with E-state index in [1.54, 1.807) is 0 Å². The van der Waals surface area contributed by atoms with Crippen LogP contribution < -0.4 is 37.7 Å². The molecule has 1 aliphatic rings. The largest absolute Gasteiger partial charge is 1.00 e. The van der Waals surface area contributed by atoms with E-state index < -0.39 is 0 Å². The van der Waals surface area contributed by atoms with Gasteiger partial charge < -0.3 is 6.16 Å². The molecule has 0 saturated carbocycles. The second kappa shape index (κ2) is 16.7. The second-order valence-corrected chi connectivity index (χ2v) is 6.78. The van der Waals surface area contributed by atoms with E-state index in [4.69, 9.17) is 4.74 Å². The Hall–Kier alpha value is -1.97. The van der Waals surface area contributed by atoms with Crippen LogP contribution in [0, 0.1) is 0 Å². The molecule has 0 aromatic heterocycles. The maximum atomic E-state index is 4.94. The van der Waals surface area contributed by atoms with Crippen LogP contribution in [0.2, 0.25) is 0 Å². The number of benzene rings is 4. The molecule has 0 spiro atoms. The zero-order valence-electron chi connectivity index (χ0n) is 19.8. The third kappa shape index (κ3) is 10.3. The van der Waals surface area contributed by atoms with Gasteiger partial charge in [0, 0.05) is 13.2 Å². The summed E-state index contributed by atoms with van der Waals surface area (Å²) in [7, 11) is 0. The van der Waals surface area contributed by atoms with Crippen molar-refractivity contribution in [3.05, 3.63) is 121 Å². The maximum Gasteiger partial charge on any atom is 1.00 e. The van der Waals surface area contributed by atoms with E-state index in [9.17, 15) is 0 Å². The molecule has 0 amide bonds. The van der Waals surface area contributed by atoms with E-state index in [-0.39, 0.29) is 39.1 Å². The number of hydrogen-bond donors (Lipinski definition) is 0. The zero-order valence-corrected chi connectivity index (χ0v) is 18.8. The summed E-state index contributed by atoms with van der Waals surface area (Å²) in [5.41, 5.74) is 5.10. The molecule has 5 rings (SSSR count). The monoisotopic (exact) mass is 395 g/mol. The Morgan fingerprint density at radius 3 is 0.774 bits per heavy atom. The predicted molar refractivity (Wildman–Crippen MR) is 125 cm³/mol. The van der Waals surface area contributed by atoms with Crippen molar-refractivity contribution in [1.82, 2.24) is 0 Å². The molecule has 1 aliphatic heterocycles. The summed E-state index contributed by atoms with van der Waals surface area (Å²) in [6, 6.07) is 41.6. The molecule has 31 heavy (non-hydrogen) atoms. The van der Waals surface area contributed by atoms with Gasteiger partial charge in [-0.2, -0.15) is 0 Å². The second-order valence-electron chi connectivity index (χ2n) is 6.78. The van der Waals surface area contributed by atoms with Gasteiger partial charge in [0.1, 0.15) is 0 Å². The molecule has 0 atom stereocenters. The van der Waals surface area contributed by atoms with Gasteiger partial charge >= 0.3 is 37.7 Å². The van der Waals surface area contributed by atoms with Crippen LogP contribution in [0.4, 0.5) is 0 Å². The topological polar surface area (TPSA) is 9.23 Å². The zero-order chi connectivity index (χ0) is 20.0. The van der Waals surface area contributed by atoms with Crippen molar-refractivity contribution in [3.63, 3.8) is 0 Å². The summed E-state index contributed by atoms with van der Waals surface area (Å²) in [5, 5.41) is 0. The van der Waals surface area contributed by atoms with Crippen molar-refractivity contribution in [2.24, 2.45) is 0 Å². The molecule has 0 unspecified atom stereocenters. The van der Waals surface area contributed by atoms with Crippen LogP contribution in [-0.4, -0.2) is 13.2 Å². The molecule has 4 aromatic carbocycles. The fourth-order valence-corrected chi connectivity index (χ4v) is 3.03. The number of ether oxygens (including phenoxy) is 1. The van der Waals surface area contributed by atoms with Gasteiger partial charge in [-0.15, -0.1) is 0 Å². The van der Waals surface area contributed by atoms with Gasteiger partial charge in [-0.3, -0.25) is 0 Å². The van der Waals surface area contributed by atoms with E-state index in [0.29, 0.717) is 0 Å². The third-order valence-corrected chi connectivity index (χ3v) is 4.59. The van der Waals surface area contributed by atoms with Gasteiger partial charge in [0.05, 0.1) is 0 Å². The Labute approximate surface area is 212 Å². The minimum atomic E-state index is 0. The standard InChI is InChI=1S/2C12H10.C4H8O.2Li.H/c2*1-3-7-11(8-4-1)12-9-5-2-6-10-12;1-2-4-5-3-1;;;/h2*1-10H;1-4H2;;;/q;;;2*+1;-1. The van der Waals surface area contributed by atoms with E-state index in [1.165, 1.54) is 35.1 Å². The first kappa shape index (κ1) is 27.1. The van der Waals surface area contributed by atoms with Gasteiger partial charge in [-0.1, -0.05) is 121 Å². The van der Waals surface area contributed by atoms with Gasteiger partial charge in [0.15, 0.2) is 0 Å². The van der Waals surface area contributed by atoms with Crippen LogP contribution in [0.3, 0.4) is 0 Å². The molecule has 0 bridgehead atoms. The molecular weight excluding hydrogens is 366 g/mol. The molecule has 1 fully saturated rings. The van der Waals surface area contributed by atoms with Crippen LogP contribution in [0.15, 0.2) is 121 Å². The molecule has 0 N–H and O–H groups in total. The Morgan fingerprint density at radius 1 is 0.387 bits per heavy atom. The average Bonchev–Trinajstić information content (AvgIpc) is 3.42. The quantitative estimate of drug-likeness (QED) is 0.469. The molecule has 0 aliphatic carbocycles. The Balaban J connectivity index is 0.000000460. The minimum Gasteiger partial charge on any atom is -1.00 e. The van der Waals surface area contributed by atoms with E-state index in [0.717, 1.165) is 13.2 Å². The molecule has 4 aromatic rings. The summed E-state index contributed by atoms with van der Waals surface area (Å²) in [6.07, 6.45) is 2.56. The van der Waals surface area contributed by atoms with Crippen molar-refractivity contribution < 1.29 is 43.9 Å². The Morgan fingerprint density at radius 2 is 0.613 bits per heavy atom. The SMILES string of the molecule is C1CCOC1.[H-].[Li+].[Li+].c1ccc(-c2ccccc2)cc1.c1ccc(-c2ccccc2)cc1. The van der Waals surface area contributed by atoms with Gasteiger partial charge in [-0.25, -0.2) is 0 Å². The van der Waals surface area contributed by atoms with E-state index >= 15 is 0 Å². The molecular formula is C28H29Li2O+. The molecule has 0 radical (unpaired) electrons. The summed E-state index contributed by atoms with van der Waals surface area (Å²) in [5.74, 6) is 0. The van der Waals surface area contributed by atoms with Crippen molar-refractivity contribution in [2.75, 3.05) is 13.2 Å². The van der Waals surface area contributed by atoms with Crippen molar-refractivity contribution >= 4 is 0 Å². The normalized spacial score (nSPS) is 11.4. The fraction of sp³-hybridized carbons (Fsp3) is 0.143. The predicted octanol–water partition coefficient (Wildman–Crippen LogP) is 1.62. The molecule has 1 nitrogen and oxygen atoms in total. The van der Waals surface area contributed by atoms with Gasteiger partial charge in [-0.05, 0) is 35.1 Å². The van der Waals surface area contributed by atoms with Crippen molar-refractivity contribution in [3.8, 4) is 22.3 Å². The van der Waals surface area contributed by atoms with Gasteiger partial charge in [0.25, 0.3) is 0 Å². The molecule has 1 saturated heterocycles. The first-order valence-corrected chi connectivity index (χ1v) is 10.2. The van der Waals surface area contributed by atoms with Crippen molar-refractivity contribution in [2.45, 2.75) is 12.8 Å². The van der Waals surface area contributed by atoms with Crippen LogP contribution in [0.25, 0.3) is 22.3 Å². The summed E-state index contributed by atoms with van der Waals surface area (Å²) in [6.45, 7) is 2.00. The van der Waals surface area contributed by atoms with Crippen LogP contribution in [0.5, 0.6) is 0 Å². The van der Waals surface area contributed by atoms with Crippen molar-refractivity contribution in [1.29, 1.82) is 0 Å². The third-order valence-electron chi connectivity index (χ3n) is 4.59. The Kier molecular flexibility index (Phi) is 14.6. The average molecular weight is 395 g/mol. The molecule has 1 heterocycles. The summed E-state index contributed by atoms with van der Waals surface area (Å²) < 4.78 is 4.94. The number of hydrogen-bond acceptors (Lipinski definition) is 1. The van der Waals surface area contributed by atoms with Crippen LogP contribution in [0.1, 0.15) is 14.3 Å². The van der Waals surface area contributed by atoms with E-state index in [2.05, 4.69) is 97.1 Å². The summed E-state index contributed by atoms with van der Waals surface area (Å²) >= 11 is 0. The summed E-state index contributed by atoms with van der Waals surface area (Å²) in [4.78, 5) is 0. The first-order valence-electron chi connectivity index (χ1n) is 10.2. The van der Waals surface area contributed by atoms with Gasteiger partial charge in [0.2, 0.25) is 0 Å². The minimum absolute atomic E-state index is 0. The maximum absolute atomic E-state index is 4.94. The molecule has 3 heteroatoms. The number of rotatable bonds is 2.